The third-order valence-corrected chi connectivity index (χ3v) is 7.27. The Morgan fingerprint density at radius 2 is 1.56 bits per heavy atom. The van der Waals surface area contributed by atoms with E-state index >= 15 is 0 Å². The second-order valence-corrected chi connectivity index (χ2v) is 11.2. The molecule has 0 bridgehead atoms. The lowest BCUT2D eigenvalue weighted by atomic mass is 9.99. The maximum Gasteiger partial charge on any atom is 0.326 e. The van der Waals surface area contributed by atoms with E-state index in [-0.39, 0.29) is 37.5 Å². The third-order valence-electron chi connectivity index (χ3n) is 7.27. The summed E-state index contributed by atoms with van der Waals surface area (Å²) < 4.78 is 0. The fourth-order valence-corrected chi connectivity index (χ4v) is 4.80. The van der Waals surface area contributed by atoms with E-state index < -0.39 is 53.8 Å². The number of nitrogens with zero attached hydrogens (tertiary/aromatic N) is 1. The van der Waals surface area contributed by atoms with Crippen molar-refractivity contribution >= 4 is 40.6 Å². The molecule has 3 amide bonds. The van der Waals surface area contributed by atoms with Gasteiger partial charge < -0.3 is 48.3 Å². The molecule has 3 rings (SSSR count). The van der Waals surface area contributed by atoms with Crippen LogP contribution in [0.15, 0.2) is 59.7 Å². The Kier molecular flexibility index (Phi) is 12.3. The maximum absolute atomic E-state index is 13.6. The zero-order valence-corrected chi connectivity index (χ0v) is 25.3. The number of para-hydroxylation sites is 1. The number of amides is 3. The van der Waals surface area contributed by atoms with E-state index in [1.807, 2.05) is 24.3 Å². The number of fused-ring (bicyclic) bond motifs is 1. The first-order valence-electron chi connectivity index (χ1n) is 14.6. The first-order valence-corrected chi connectivity index (χ1v) is 14.6. The van der Waals surface area contributed by atoms with Gasteiger partial charge in [0.25, 0.3) is 0 Å². The fraction of sp³-hybridized carbons (Fsp3) is 0.387. The van der Waals surface area contributed by atoms with Crippen molar-refractivity contribution in [2.75, 3.05) is 6.54 Å². The maximum atomic E-state index is 13.6. The van der Waals surface area contributed by atoms with Gasteiger partial charge in [0, 0.05) is 30.1 Å². The molecule has 14 heteroatoms. The van der Waals surface area contributed by atoms with E-state index in [1.165, 1.54) is 12.1 Å². The molecule has 0 aliphatic carbocycles. The molecule has 3 aromatic rings. The molecule has 1 aromatic heterocycles. The highest BCUT2D eigenvalue weighted by Crippen LogP contribution is 2.19. The highest BCUT2D eigenvalue weighted by atomic mass is 16.4. The van der Waals surface area contributed by atoms with E-state index in [1.54, 1.807) is 32.2 Å². The second kappa shape index (κ2) is 16.1. The molecule has 4 atom stereocenters. The van der Waals surface area contributed by atoms with Crippen LogP contribution >= 0.6 is 0 Å². The van der Waals surface area contributed by atoms with Crippen molar-refractivity contribution in [3.05, 3.63) is 65.9 Å². The highest BCUT2D eigenvalue weighted by molar-refractivity contribution is 5.94. The zero-order chi connectivity index (χ0) is 33.1. The van der Waals surface area contributed by atoms with Gasteiger partial charge in [-0.05, 0) is 54.5 Å². The van der Waals surface area contributed by atoms with Crippen LogP contribution in [0.2, 0.25) is 0 Å². The lowest BCUT2D eigenvalue weighted by molar-refractivity contribution is -0.142. The second-order valence-electron chi connectivity index (χ2n) is 11.2. The summed E-state index contributed by atoms with van der Waals surface area (Å²) in [5, 5.41) is 28.1. The SMILES string of the molecule is CC(C)C(NC(=O)C(Cc1ccc(O)cc1)NC(=O)C(N)Cc1c[nH]c2ccccc12)C(=O)NC(CCCN=C(N)N)C(=O)O. The molecule has 0 aliphatic heterocycles. The van der Waals surface area contributed by atoms with Gasteiger partial charge in [0.1, 0.15) is 23.9 Å². The Bertz CT molecular complexity index is 1500. The number of aromatic hydroxyl groups is 1. The van der Waals surface area contributed by atoms with E-state index in [0.29, 0.717) is 12.0 Å². The van der Waals surface area contributed by atoms with Crippen molar-refractivity contribution in [1.82, 2.24) is 20.9 Å². The summed E-state index contributed by atoms with van der Waals surface area (Å²) in [6.07, 6.45) is 2.39. The highest BCUT2D eigenvalue weighted by Gasteiger charge is 2.32. The average molecular weight is 623 g/mol. The number of phenols is 1. The standard InChI is InChI=1S/C31H42N8O6/c1-17(2)26(29(43)37-24(30(44)45)8-5-13-35-31(33)34)39-28(42)25(14-18-9-11-20(40)12-10-18)38-27(41)22(32)15-19-16-36-23-7-4-3-6-21(19)23/h3-4,6-7,9-12,16-17,22,24-26,36,40H,5,8,13-15,32H2,1-2H3,(H,37,43)(H,38,41)(H,39,42)(H,44,45)(H4,33,34,35). The number of guanidine groups is 1. The van der Waals surface area contributed by atoms with Crippen LogP contribution in [0.1, 0.15) is 37.8 Å². The van der Waals surface area contributed by atoms with Gasteiger partial charge in [-0.15, -0.1) is 0 Å². The van der Waals surface area contributed by atoms with Crippen molar-refractivity contribution in [2.24, 2.45) is 28.1 Å². The molecule has 242 valence electrons. The van der Waals surface area contributed by atoms with Crippen LogP contribution in [0.4, 0.5) is 0 Å². The molecule has 1 heterocycles. The van der Waals surface area contributed by atoms with E-state index in [0.717, 1.165) is 16.5 Å². The number of aliphatic carboxylic acids is 1. The minimum Gasteiger partial charge on any atom is -0.508 e. The van der Waals surface area contributed by atoms with Crippen molar-refractivity contribution in [2.45, 2.75) is 63.7 Å². The molecule has 45 heavy (non-hydrogen) atoms. The number of benzene rings is 2. The number of hydrogen-bond donors (Lipinski definition) is 9. The Morgan fingerprint density at radius 1 is 0.889 bits per heavy atom. The van der Waals surface area contributed by atoms with Crippen LogP contribution in [-0.2, 0) is 32.0 Å². The van der Waals surface area contributed by atoms with Gasteiger partial charge in [-0.2, -0.15) is 0 Å². The number of nitrogens with two attached hydrogens (primary N) is 3. The van der Waals surface area contributed by atoms with Gasteiger partial charge in [0.05, 0.1) is 6.04 Å². The van der Waals surface area contributed by atoms with Crippen LogP contribution in [0.3, 0.4) is 0 Å². The summed E-state index contributed by atoms with van der Waals surface area (Å²) in [6, 6.07) is 9.27. The summed E-state index contributed by atoms with van der Waals surface area (Å²) in [6.45, 7) is 3.58. The number of aliphatic imine (C=N–C) groups is 1. The third kappa shape index (κ3) is 10.2. The topological polar surface area (TPSA) is 251 Å². The summed E-state index contributed by atoms with van der Waals surface area (Å²) in [5.41, 5.74) is 19.3. The molecule has 0 saturated carbocycles. The first kappa shape index (κ1) is 34.4. The van der Waals surface area contributed by atoms with Gasteiger partial charge in [0.15, 0.2) is 5.96 Å². The number of hydrogen-bond acceptors (Lipinski definition) is 7. The normalized spacial score (nSPS) is 13.8. The predicted octanol–water partition coefficient (Wildman–Crippen LogP) is 0.235. The van der Waals surface area contributed by atoms with Gasteiger partial charge >= 0.3 is 5.97 Å². The number of aromatic amines is 1. The van der Waals surface area contributed by atoms with Crippen LogP contribution < -0.4 is 33.2 Å². The summed E-state index contributed by atoms with van der Waals surface area (Å²) in [5.74, 6) is -3.70. The van der Waals surface area contributed by atoms with Crippen molar-refractivity contribution in [3.63, 3.8) is 0 Å². The van der Waals surface area contributed by atoms with Crippen molar-refractivity contribution in [3.8, 4) is 5.75 Å². The lowest BCUT2D eigenvalue weighted by Crippen LogP contribution is -2.59. The van der Waals surface area contributed by atoms with Crippen molar-refractivity contribution < 1.29 is 29.4 Å². The molecule has 0 radical (unpaired) electrons. The summed E-state index contributed by atoms with van der Waals surface area (Å²) in [4.78, 5) is 58.9. The minimum atomic E-state index is -1.25. The van der Waals surface area contributed by atoms with E-state index in [2.05, 4.69) is 25.9 Å². The average Bonchev–Trinajstić information content (AvgIpc) is 3.39. The first-order chi connectivity index (χ1) is 21.3. The zero-order valence-electron chi connectivity index (χ0n) is 25.3. The minimum absolute atomic E-state index is 0.0344. The monoisotopic (exact) mass is 622 g/mol. The number of aromatic nitrogens is 1. The quantitative estimate of drug-likeness (QED) is 0.0601. The molecular formula is C31H42N8O6. The van der Waals surface area contributed by atoms with Gasteiger partial charge in [-0.3, -0.25) is 19.4 Å². The van der Waals surface area contributed by atoms with Gasteiger partial charge in [0.2, 0.25) is 17.7 Å². The smallest absolute Gasteiger partial charge is 0.326 e. The Morgan fingerprint density at radius 3 is 2.20 bits per heavy atom. The molecule has 0 aliphatic rings. The van der Waals surface area contributed by atoms with Gasteiger partial charge in [-0.1, -0.05) is 44.2 Å². The molecule has 0 spiro atoms. The lowest BCUT2D eigenvalue weighted by Gasteiger charge is -2.27. The number of carbonyl (C=O) groups is 4. The Hall–Kier alpha value is -5.11. The number of phenolic OH excluding ortho intramolecular Hbond substituents is 1. The number of nitrogens with one attached hydrogen (secondary N) is 4. The van der Waals surface area contributed by atoms with Crippen LogP contribution in [0.5, 0.6) is 5.75 Å². The number of H-pyrrole nitrogens is 1. The molecule has 14 nitrogen and oxygen atoms in total. The molecule has 12 N–H and O–H groups in total. The molecule has 4 unspecified atom stereocenters. The number of carboxylic acid groups (broad SMARTS) is 1. The van der Waals surface area contributed by atoms with E-state index in [4.69, 9.17) is 17.2 Å². The number of carboxylic acids is 1. The predicted molar refractivity (Wildman–Crippen MR) is 170 cm³/mol. The molecule has 2 aromatic carbocycles. The van der Waals surface area contributed by atoms with Crippen LogP contribution in [0, 0.1) is 5.92 Å². The van der Waals surface area contributed by atoms with Crippen LogP contribution in [-0.4, -0.2) is 75.6 Å². The largest absolute Gasteiger partial charge is 0.508 e. The summed E-state index contributed by atoms with van der Waals surface area (Å²) in [7, 11) is 0. The number of rotatable bonds is 16. The number of carbonyl (C=O) groups excluding carboxylic acids is 3. The van der Waals surface area contributed by atoms with Crippen LogP contribution in [0.25, 0.3) is 10.9 Å². The van der Waals surface area contributed by atoms with Crippen molar-refractivity contribution in [1.29, 1.82) is 0 Å². The Balaban J connectivity index is 1.74. The molecule has 0 saturated heterocycles. The van der Waals surface area contributed by atoms with Gasteiger partial charge in [-0.25, -0.2) is 4.79 Å². The molecule has 0 fully saturated rings. The summed E-state index contributed by atoms with van der Waals surface area (Å²) >= 11 is 0. The van der Waals surface area contributed by atoms with E-state index in [9.17, 15) is 29.4 Å². The fourth-order valence-electron chi connectivity index (χ4n) is 4.80. The molecular weight excluding hydrogens is 580 g/mol. The Labute approximate surface area is 260 Å².